The summed E-state index contributed by atoms with van der Waals surface area (Å²) in [5, 5.41) is 3.35. The molecule has 0 aromatic heterocycles. The SMILES string of the molecule is Cc1ccccc1NCCOC1COC1. The van der Waals surface area contributed by atoms with Crippen molar-refractivity contribution in [2.75, 3.05) is 31.7 Å². The Morgan fingerprint density at radius 2 is 2.20 bits per heavy atom. The molecule has 3 heteroatoms. The first kappa shape index (κ1) is 10.5. The maximum atomic E-state index is 5.55. The minimum atomic E-state index is 0.323. The maximum Gasteiger partial charge on any atom is 0.104 e. The van der Waals surface area contributed by atoms with Crippen molar-refractivity contribution in [2.24, 2.45) is 0 Å². The zero-order valence-corrected chi connectivity index (χ0v) is 9.03. The van der Waals surface area contributed by atoms with E-state index in [9.17, 15) is 0 Å². The Labute approximate surface area is 90.4 Å². The van der Waals surface area contributed by atoms with Crippen LogP contribution in [0.3, 0.4) is 0 Å². The maximum absolute atomic E-state index is 5.55. The van der Waals surface area contributed by atoms with Crippen molar-refractivity contribution in [3.63, 3.8) is 0 Å². The van der Waals surface area contributed by atoms with Crippen LogP contribution in [-0.2, 0) is 9.47 Å². The van der Waals surface area contributed by atoms with Crippen LogP contribution in [-0.4, -0.2) is 32.5 Å². The Balaban J connectivity index is 1.66. The van der Waals surface area contributed by atoms with Gasteiger partial charge in [0.25, 0.3) is 0 Å². The second-order valence-electron chi connectivity index (χ2n) is 3.77. The van der Waals surface area contributed by atoms with Crippen molar-refractivity contribution in [1.82, 2.24) is 0 Å². The van der Waals surface area contributed by atoms with Crippen molar-refractivity contribution in [3.05, 3.63) is 29.8 Å². The first-order valence-electron chi connectivity index (χ1n) is 5.35. The molecule has 0 unspecified atom stereocenters. The van der Waals surface area contributed by atoms with Gasteiger partial charge >= 0.3 is 0 Å². The number of benzene rings is 1. The molecule has 1 aliphatic heterocycles. The topological polar surface area (TPSA) is 30.5 Å². The van der Waals surface area contributed by atoms with Gasteiger partial charge in [0.05, 0.1) is 19.8 Å². The molecule has 0 amide bonds. The largest absolute Gasteiger partial charge is 0.383 e. The van der Waals surface area contributed by atoms with Gasteiger partial charge in [-0.25, -0.2) is 0 Å². The van der Waals surface area contributed by atoms with Crippen molar-refractivity contribution < 1.29 is 9.47 Å². The summed E-state index contributed by atoms with van der Waals surface area (Å²) in [7, 11) is 0. The number of ether oxygens (including phenoxy) is 2. The summed E-state index contributed by atoms with van der Waals surface area (Å²) >= 11 is 0. The summed E-state index contributed by atoms with van der Waals surface area (Å²) in [5.74, 6) is 0. The van der Waals surface area contributed by atoms with E-state index in [0.29, 0.717) is 6.10 Å². The van der Waals surface area contributed by atoms with E-state index in [1.807, 2.05) is 12.1 Å². The summed E-state index contributed by atoms with van der Waals surface area (Å²) in [6.07, 6.45) is 0.323. The molecule has 0 atom stereocenters. The number of anilines is 1. The molecule has 15 heavy (non-hydrogen) atoms. The average Bonchev–Trinajstić information content (AvgIpc) is 2.17. The first-order valence-corrected chi connectivity index (χ1v) is 5.35. The van der Waals surface area contributed by atoms with Crippen LogP contribution in [0.25, 0.3) is 0 Å². The molecule has 1 N–H and O–H groups in total. The molecule has 1 saturated heterocycles. The molecule has 3 nitrogen and oxygen atoms in total. The summed E-state index contributed by atoms with van der Waals surface area (Å²) in [6.45, 7) is 5.20. The van der Waals surface area contributed by atoms with Crippen LogP contribution in [0.5, 0.6) is 0 Å². The van der Waals surface area contributed by atoms with Gasteiger partial charge in [-0.3, -0.25) is 0 Å². The first-order chi connectivity index (χ1) is 7.36. The van der Waals surface area contributed by atoms with E-state index in [0.717, 1.165) is 26.4 Å². The molecule has 1 heterocycles. The fourth-order valence-electron chi connectivity index (χ4n) is 1.49. The second-order valence-corrected chi connectivity index (χ2v) is 3.77. The van der Waals surface area contributed by atoms with Gasteiger partial charge in [0.15, 0.2) is 0 Å². The molecule has 1 aliphatic rings. The van der Waals surface area contributed by atoms with Crippen molar-refractivity contribution >= 4 is 5.69 Å². The van der Waals surface area contributed by atoms with E-state index < -0.39 is 0 Å². The highest BCUT2D eigenvalue weighted by molar-refractivity contribution is 5.50. The van der Waals surface area contributed by atoms with E-state index in [1.165, 1.54) is 11.3 Å². The molecule has 1 fully saturated rings. The number of aryl methyl sites for hydroxylation is 1. The van der Waals surface area contributed by atoms with Crippen LogP contribution in [0.1, 0.15) is 5.56 Å². The molecule has 0 spiro atoms. The van der Waals surface area contributed by atoms with E-state index in [1.54, 1.807) is 0 Å². The van der Waals surface area contributed by atoms with Gasteiger partial charge in [-0.1, -0.05) is 18.2 Å². The van der Waals surface area contributed by atoms with Gasteiger partial charge in [0.1, 0.15) is 6.10 Å². The van der Waals surface area contributed by atoms with Gasteiger partial charge < -0.3 is 14.8 Å². The molecule has 2 rings (SSSR count). The van der Waals surface area contributed by atoms with Crippen LogP contribution in [0.15, 0.2) is 24.3 Å². The Kier molecular flexibility index (Phi) is 3.59. The second kappa shape index (κ2) is 5.14. The molecule has 0 radical (unpaired) electrons. The Hall–Kier alpha value is -1.06. The summed E-state index contributed by atoms with van der Waals surface area (Å²) in [5.41, 5.74) is 2.45. The molecular weight excluding hydrogens is 190 g/mol. The van der Waals surface area contributed by atoms with Gasteiger partial charge in [0, 0.05) is 12.2 Å². The number of hydrogen-bond acceptors (Lipinski definition) is 3. The minimum absolute atomic E-state index is 0.323. The third-order valence-corrected chi connectivity index (χ3v) is 2.52. The quantitative estimate of drug-likeness (QED) is 0.747. The molecule has 1 aromatic rings. The Bertz CT molecular complexity index is 310. The summed E-state index contributed by atoms with van der Waals surface area (Å²) in [6, 6.07) is 8.27. The van der Waals surface area contributed by atoms with Crippen molar-refractivity contribution in [1.29, 1.82) is 0 Å². The number of rotatable bonds is 5. The third kappa shape index (κ3) is 2.94. The van der Waals surface area contributed by atoms with Crippen LogP contribution >= 0.6 is 0 Å². The fourth-order valence-corrected chi connectivity index (χ4v) is 1.49. The number of para-hydroxylation sites is 1. The molecule has 0 saturated carbocycles. The Morgan fingerprint density at radius 3 is 2.87 bits per heavy atom. The third-order valence-electron chi connectivity index (χ3n) is 2.52. The zero-order chi connectivity index (χ0) is 10.5. The standard InChI is InChI=1S/C12H17NO2/c1-10-4-2-3-5-12(10)13-6-7-15-11-8-14-9-11/h2-5,11,13H,6-9H2,1H3. The lowest BCUT2D eigenvalue weighted by Crippen LogP contribution is -2.37. The van der Waals surface area contributed by atoms with Gasteiger partial charge in [-0.2, -0.15) is 0 Å². The minimum Gasteiger partial charge on any atom is -0.383 e. The monoisotopic (exact) mass is 207 g/mol. The van der Waals surface area contributed by atoms with E-state index in [2.05, 4.69) is 24.4 Å². The van der Waals surface area contributed by atoms with Crippen LogP contribution < -0.4 is 5.32 Å². The predicted molar refractivity (Wildman–Crippen MR) is 60.2 cm³/mol. The van der Waals surface area contributed by atoms with E-state index in [-0.39, 0.29) is 0 Å². The Morgan fingerprint density at radius 1 is 1.40 bits per heavy atom. The van der Waals surface area contributed by atoms with E-state index >= 15 is 0 Å². The highest BCUT2D eigenvalue weighted by Crippen LogP contribution is 2.12. The molecule has 1 aromatic carbocycles. The predicted octanol–water partition coefficient (Wildman–Crippen LogP) is 1.82. The average molecular weight is 207 g/mol. The highest BCUT2D eigenvalue weighted by Gasteiger charge is 2.17. The molecule has 0 aliphatic carbocycles. The van der Waals surface area contributed by atoms with Gasteiger partial charge in [0.2, 0.25) is 0 Å². The zero-order valence-electron chi connectivity index (χ0n) is 9.03. The summed E-state index contributed by atoms with van der Waals surface area (Å²) in [4.78, 5) is 0. The number of hydrogen-bond donors (Lipinski definition) is 1. The molecule has 82 valence electrons. The van der Waals surface area contributed by atoms with Crippen LogP contribution in [0.2, 0.25) is 0 Å². The van der Waals surface area contributed by atoms with Gasteiger partial charge in [-0.15, -0.1) is 0 Å². The number of nitrogens with one attached hydrogen (secondary N) is 1. The summed E-state index contributed by atoms with van der Waals surface area (Å²) < 4.78 is 10.6. The van der Waals surface area contributed by atoms with Gasteiger partial charge in [-0.05, 0) is 18.6 Å². The smallest absolute Gasteiger partial charge is 0.104 e. The van der Waals surface area contributed by atoms with Crippen LogP contribution in [0.4, 0.5) is 5.69 Å². The highest BCUT2D eigenvalue weighted by atomic mass is 16.6. The van der Waals surface area contributed by atoms with Crippen LogP contribution in [0, 0.1) is 6.92 Å². The lowest BCUT2D eigenvalue weighted by atomic mass is 10.2. The van der Waals surface area contributed by atoms with E-state index in [4.69, 9.17) is 9.47 Å². The lowest BCUT2D eigenvalue weighted by Gasteiger charge is -2.26. The lowest BCUT2D eigenvalue weighted by molar-refractivity contribution is -0.127. The fraction of sp³-hybridized carbons (Fsp3) is 0.500. The molecule has 0 bridgehead atoms. The van der Waals surface area contributed by atoms with Crippen molar-refractivity contribution in [2.45, 2.75) is 13.0 Å². The normalized spacial score (nSPS) is 16.1. The molecular formula is C12H17NO2. The van der Waals surface area contributed by atoms with Crippen molar-refractivity contribution in [3.8, 4) is 0 Å².